The van der Waals surface area contributed by atoms with Gasteiger partial charge >= 0.3 is 0 Å². The van der Waals surface area contributed by atoms with E-state index in [0.29, 0.717) is 44.1 Å². The van der Waals surface area contributed by atoms with Gasteiger partial charge in [0.05, 0.1) is 24.9 Å². The SMILES string of the molecule is Cc1nc([C@H]2COCCN2C(=O)CCc2ccccc2)cc(=O)[nH]1. The van der Waals surface area contributed by atoms with Crippen LogP contribution in [0, 0.1) is 6.92 Å². The number of hydrogen-bond acceptors (Lipinski definition) is 4. The molecule has 0 saturated carbocycles. The molecule has 1 N–H and O–H groups in total. The minimum atomic E-state index is -0.303. The lowest BCUT2D eigenvalue weighted by Gasteiger charge is -2.35. The Kier molecular flexibility index (Phi) is 5.05. The molecule has 0 bridgehead atoms. The number of morpholine rings is 1. The molecule has 6 heteroatoms. The molecule has 0 spiro atoms. The van der Waals surface area contributed by atoms with Crippen molar-refractivity contribution in [2.75, 3.05) is 19.8 Å². The number of carbonyl (C=O) groups is 1. The summed E-state index contributed by atoms with van der Waals surface area (Å²) in [5.41, 5.74) is 1.52. The molecule has 2 aromatic rings. The Balaban J connectivity index is 1.74. The molecular weight excluding hydrogens is 306 g/mol. The predicted octanol–water partition coefficient (Wildman–Crippen LogP) is 1.61. The number of carbonyl (C=O) groups excluding carboxylic acids is 1. The first-order valence-corrected chi connectivity index (χ1v) is 8.12. The number of ether oxygens (including phenoxy) is 1. The molecule has 3 rings (SSSR count). The molecular formula is C18H21N3O3. The number of amides is 1. The number of benzene rings is 1. The molecule has 6 nitrogen and oxygen atoms in total. The topological polar surface area (TPSA) is 75.3 Å². The molecule has 1 aliphatic rings. The summed E-state index contributed by atoms with van der Waals surface area (Å²) in [5.74, 6) is 0.603. The van der Waals surface area contributed by atoms with Crippen molar-refractivity contribution in [1.29, 1.82) is 0 Å². The van der Waals surface area contributed by atoms with E-state index < -0.39 is 0 Å². The Hall–Kier alpha value is -2.47. The van der Waals surface area contributed by atoms with Gasteiger partial charge in [0, 0.05) is 19.0 Å². The van der Waals surface area contributed by atoms with E-state index >= 15 is 0 Å². The number of nitrogens with zero attached hydrogens (tertiary/aromatic N) is 2. The van der Waals surface area contributed by atoms with E-state index in [1.165, 1.54) is 6.07 Å². The first-order chi connectivity index (χ1) is 11.6. The van der Waals surface area contributed by atoms with Gasteiger partial charge in [-0.2, -0.15) is 0 Å². The molecule has 1 aromatic heterocycles. The van der Waals surface area contributed by atoms with E-state index in [1.807, 2.05) is 30.3 Å². The van der Waals surface area contributed by atoms with E-state index in [0.717, 1.165) is 5.56 Å². The van der Waals surface area contributed by atoms with Crippen LogP contribution in [0.1, 0.15) is 29.5 Å². The van der Waals surface area contributed by atoms with Crippen LogP contribution in [0.25, 0.3) is 0 Å². The number of nitrogens with one attached hydrogen (secondary N) is 1. The predicted molar refractivity (Wildman–Crippen MR) is 89.6 cm³/mol. The molecule has 24 heavy (non-hydrogen) atoms. The van der Waals surface area contributed by atoms with Crippen LogP contribution in [0.5, 0.6) is 0 Å². The minimum Gasteiger partial charge on any atom is -0.377 e. The number of hydrogen-bond donors (Lipinski definition) is 1. The molecule has 0 radical (unpaired) electrons. The van der Waals surface area contributed by atoms with Gasteiger partial charge in [-0.05, 0) is 18.9 Å². The van der Waals surface area contributed by atoms with Crippen LogP contribution < -0.4 is 5.56 Å². The molecule has 0 aliphatic carbocycles. The molecule has 1 amide bonds. The van der Waals surface area contributed by atoms with Gasteiger partial charge < -0.3 is 14.6 Å². The molecule has 1 fully saturated rings. The summed E-state index contributed by atoms with van der Waals surface area (Å²) in [6.45, 7) is 3.13. The zero-order valence-electron chi connectivity index (χ0n) is 13.7. The summed E-state index contributed by atoms with van der Waals surface area (Å²) in [6, 6.07) is 11.1. The zero-order valence-corrected chi connectivity index (χ0v) is 13.7. The summed E-state index contributed by atoms with van der Waals surface area (Å²) in [4.78, 5) is 33.2. The maximum atomic E-state index is 12.7. The van der Waals surface area contributed by atoms with Crippen LogP contribution in [-0.4, -0.2) is 40.5 Å². The van der Waals surface area contributed by atoms with Gasteiger partial charge in [0.25, 0.3) is 5.56 Å². The second kappa shape index (κ2) is 7.40. The van der Waals surface area contributed by atoms with Crippen molar-refractivity contribution in [1.82, 2.24) is 14.9 Å². The van der Waals surface area contributed by atoms with Crippen LogP contribution in [0.3, 0.4) is 0 Å². The summed E-state index contributed by atoms with van der Waals surface area (Å²) in [6.07, 6.45) is 1.13. The monoisotopic (exact) mass is 327 g/mol. The van der Waals surface area contributed by atoms with Crippen molar-refractivity contribution < 1.29 is 9.53 Å². The van der Waals surface area contributed by atoms with Crippen molar-refractivity contribution in [2.24, 2.45) is 0 Å². The third kappa shape index (κ3) is 3.89. The average molecular weight is 327 g/mol. The summed E-state index contributed by atoms with van der Waals surface area (Å²) in [7, 11) is 0. The first-order valence-electron chi connectivity index (χ1n) is 8.12. The number of aromatic nitrogens is 2. The highest BCUT2D eigenvalue weighted by molar-refractivity contribution is 5.77. The van der Waals surface area contributed by atoms with Crippen molar-refractivity contribution in [3.8, 4) is 0 Å². The largest absolute Gasteiger partial charge is 0.377 e. The standard InChI is InChI=1S/C18H21N3O3/c1-13-19-15(11-17(22)20-13)16-12-24-10-9-21(16)18(23)8-7-14-5-3-2-4-6-14/h2-6,11,16H,7-10,12H2,1H3,(H,19,20,22)/t16-/m1/s1. The fraction of sp³-hybridized carbons (Fsp3) is 0.389. The minimum absolute atomic E-state index is 0.0619. The van der Waals surface area contributed by atoms with Gasteiger partial charge in [0.1, 0.15) is 5.82 Å². The smallest absolute Gasteiger partial charge is 0.251 e. The van der Waals surface area contributed by atoms with E-state index in [-0.39, 0.29) is 17.5 Å². The first kappa shape index (κ1) is 16.4. The Morgan fingerprint density at radius 3 is 2.92 bits per heavy atom. The lowest BCUT2D eigenvalue weighted by molar-refractivity contribution is -0.140. The van der Waals surface area contributed by atoms with Crippen molar-refractivity contribution >= 4 is 5.91 Å². The fourth-order valence-corrected chi connectivity index (χ4v) is 2.96. The summed E-state index contributed by atoms with van der Waals surface area (Å²) >= 11 is 0. The van der Waals surface area contributed by atoms with Gasteiger partial charge in [-0.3, -0.25) is 9.59 Å². The van der Waals surface area contributed by atoms with Crippen molar-refractivity contribution in [3.05, 3.63) is 63.8 Å². The Labute approximate surface area is 140 Å². The molecule has 1 aliphatic heterocycles. The Bertz CT molecular complexity index is 758. The van der Waals surface area contributed by atoms with E-state index in [2.05, 4.69) is 9.97 Å². The number of aromatic amines is 1. The maximum Gasteiger partial charge on any atom is 0.251 e. The van der Waals surface area contributed by atoms with Crippen LogP contribution >= 0.6 is 0 Å². The molecule has 0 unspecified atom stereocenters. The molecule has 1 saturated heterocycles. The van der Waals surface area contributed by atoms with Gasteiger partial charge in [-0.15, -0.1) is 0 Å². The van der Waals surface area contributed by atoms with Gasteiger partial charge in [0.2, 0.25) is 5.91 Å². The Morgan fingerprint density at radius 1 is 1.38 bits per heavy atom. The molecule has 126 valence electrons. The highest BCUT2D eigenvalue weighted by Gasteiger charge is 2.29. The molecule has 2 heterocycles. The third-order valence-electron chi connectivity index (χ3n) is 4.14. The Morgan fingerprint density at radius 2 is 2.17 bits per heavy atom. The van der Waals surface area contributed by atoms with Gasteiger partial charge in [-0.1, -0.05) is 30.3 Å². The lowest BCUT2D eigenvalue weighted by Crippen LogP contribution is -2.44. The van der Waals surface area contributed by atoms with Crippen LogP contribution in [0.2, 0.25) is 0 Å². The maximum absolute atomic E-state index is 12.7. The van der Waals surface area contributed by atoms with E-state index in [1.54, 1.807) is 11.8 Å². The van der Waals surface area contributed by atoms with Crippen molar-refractivity contribution in [3.63, 3.8) is 0 Å². The van der Waals surface area contributed by atoms with Crippen molar-refractivity contribution in [2.45, 2.75) is 25.8 Å². The van der Waals surface area contributed by atoms with E-state index in [9.17, 15) is 9.59 Å². The summed E-state index contributed by atoms with van der Waals surface area (Å²) < 4.78 is 5.51. The average Bonchev–Trinajstić information content (AvgIpc) is 2.60. The highest BCUT2D eigenvalue weighted by atomic mass is 16.5. The number of H-pyrrole nitrogens is 1. The van der Waals surface area contributed by atoms with Gasteiger partial charge in [-0.25, -0.2) is 4.98 Å². The van der Waals surface area contributed by atoms with Crippen LogP contribution in [0.4, 0.5) is 0 Å². The van der Waals surface area contributed by atoms with Crippen LogP contribution in [0.15, 0.2) is 41.2 Å². The third-order valence-corrected chi connectivity index (χ3v) is 4.14. The molecule has 1 atom stereocenters. The lowest BCUT2D eigenvalue weighted by atomic mass is 10.1. The highest BCUT2D eigenvalue weighted by Crippen LogP contribution is 2.23. The van der Waals surface area contributed by atoms with Crippen LogP contribution in [-0.2, 0) is 16.0 Å². The normalized spacial score (nSPS) is 17.7. The fourth-order valence-electron chi connectivity index (χ4n) is 2.96. The van der Waals surface area contributed by atoms with Gasteiger partial charge in [0.15, 0.2) is 0 Å². The zero-order chi connectivity index (χ0) is 16.9. The second-order valence-electron chi connectivity index (χ2n) is 5.92. The number of rotatable bonds is 4. The number of aryl methyl sites for hydroxylation is 2. The second-order valence-corrected chi connectivity index (χ2v) is 5.92. The van der Waals surface area contributed by atoms with E-state index in [4.69, 9.17) is 4.74 Å². The quantitative estimate of drug-likeness (QED) is 0.926. The summed E-state index contributed by atoms with van der Waals surface area (Å²) in [5, 5.41) is 0. The molecule has 1 aromatic carbocycles.